The van der Waals surface area contributed by atoms with Crippen LogP contribution in [0, 0.1) is 0 Å². The summed E-state index contributed by atoms with van der Waals surface area (Å²) in [6, 6.07) is 18.2. The SMILES string of the molecule is CC(C)Oc1ccccc1-c1ccc(CNC(=O)[C@H](O)[C@@H](O)C(=O)N2CCC[C@@H]2c2cccc(Cl)c2)nc1. The Hall–Kier alpha value is -3.46. The lowest BCUT2D eigenvalue weighted by molar-refractivity contribution is -0.153. The van der Waals surface area contributed by atoms with Crippen LogP contribution in [0.15, 0.2) is 66.9 Å². The molecule has 0 bridgehead atoms. The maximum Gasteiger partial charge on any atom is 0.255 e. The first-order valence-corrected chi connectivity index (χ1v) is 13.0. The van der Waals surface area contributed by atoms with Gasteiger partial charge in [0.1, 0.15) is 5.75 Å². The summed E-state index contributed by atoms with van der Waals surface area (Å²) in [6.45, 7) is 4.37. The minimum Gasteiger partial charge on any atom is -0.490 e. The van der Waals surface area contributed by atoms with E-state index in [2.05, 4.69) is 10.3 Å². The normalized spacial score (nSPS) is 16.8. The summed E-state index contributed by atoms with van der Waals surface area (Å²) in [4.78, 5) is 31.4. The molecule has 3 aromatic rings. The molecule has 2 heterocycles. The monoisotopic (exact) mass is 537 g/mol. The third kappa shape index (κ3) is 6.51. The van der Waals surface area contributed by atoms with Crippen LogP contribution in [0.1, 0.15) is 44.0 Å². The Morgan fingerprint density at radius 2 is 1.89 bits per heavy atom. The zero-order chi connectivity index (χ0) is 27.2. The van der Waals surface area contributed by atoms with E-state index in [1.54, 1.807) is 30.5 Å². The highest BCUT2D eigenvalue weighted by Crippen LogP contribution is 2.34. The van der Waals surface area contributed by atoms with E-state index >= 15 is 0 Å². The highest BCUT2D eigenvalue weighted by molar-refractivity contribution is 6.30. The van der Waals surface area contributed by atoms with Gasteiger partial charge in [-0.1, -0.05) is 48.0 Å². The van der Waals surface area contributed by atoms with Gasteiger partial charge < -0.3 is 25.2 Å². The van der Waals surface area contributed by atoms with Gasteiger partial charge in [0, 0.05) is 28.9 Å². The van der Waals surface area contributed by atoms with Gasteiger partial charge in [0.2, 0.25) is 0 Å². The van der Waals surface area contributed by atoms with Crippen molar-refractivity contribution in [2.75, 3.05) is 6.54 Å². The van der Waals surface area contributed by atoms with Crippen molar-refractivity contribution in [1.82, 2.24) is 15.2 Å². The Balaban J connectivity index is 1.35. The number of pyridine rings is 1. The molecule has 9 heteroatoms. The molecule has 1 saturated heterocycles. The molecule has 3 atom stereocenters. The highest BCUT2D eigenvalue weighted by atomic mass is 35.5. The molecule has 8 nitrogen and oxygen atoms in total. The predicted octanol–water partition coefficient (Wildman–Crippen LogP) is 3.89. The van der Waals surface area contributed by atoms with Gasteiger partial charge in [0.25, 0.3) is 11.8 Å². The van der Waals surface area contributed by atoms with Crippen LogP contribution in [0.2, 0.25) is 5.02 Å². The van der Waals surface area contributed by atoms with Gasteiger partial charge in [-0.05, 0) is 56.5 Å². The minimum atomic E-state index is -1.91. The molecule has 200 valence electrons. The van der Waals surface area contributed by atoms with Crippen molar-refractivity contribution in [2.45, 2.75) is 57.6 Å². The fraction of sp³-hybridized carbons (Fsp3) is 0.345. The number of halogens is 1. The molecule has 2 aromatic carbocycles. The third-order valence-corrected chi connectivity index (χ3v) is 6.65. The smallest absolute Gasteiger partial charge is 0.255 e. The summed E-state index contributed by atoms with van der Waals surface area (Å²) in [7, 11) is 0. The van der Waals surface area contributed by atoms with E-state index in [1.807, 2.05) is 50.2 Å². The van der Waals surface area contributed by atoms with E-state index < -0.39 is 24.0 Å². The Kier molecular flexibility index (Phi) is 8.99. The van der Waals surface area contributed by atoms with E-state index in [9.17, 15) is 19.8 Å². The maximum absolute atomic E-state index is 13.0. The number of hydrogen-bond acceptors (Lipinski definition) is 6. The number of aliphatic hydroxyl groups excluding tert-OH is 2. The number of rotatable bonds is 9. The van der Waals surface area contributed by atoms with E-state index in [0.717, 1.165) is 28.9 Å². The molecule has 1 aromatic heterocycles. The molecule has 0 spiro atoms. The standard InChI is InChI=1S/C29H32ClN3O5/c1-18(2)38-25-11-4-3-9-23(25)20-12-13-22(31-16-20)17-32-28(36)26(34)27(35)29(37)33-14-6-10-24(33)19-7-5-8-21(30)15-19/h3-5,7-9,11-13,15-16,18,24,26-27,34-35H,6,10,14,17H2,1-2H3,(H,32,36)/t24-,26-,27-/m1/s1. The number of nitrogens with one attached hydrogen (secondary N) is 1. The second kappa shape index (κ2) is 12.4. The summed E-state index contributed by atoms with van der Waals surface area (Å²) in [5, 5.41) is 24.1. The Morgan fingerprint density at radius 3 is 2.61 bits per heavy atom. The fourth-order valence-corrected chi connectivity index (χ4v) is 4.77. The molecule has 2 amide bonds. The first kappa shape index (κ1) is 27.6. The number of aromatic nitrogens is 1. The molecule has 1 aliphatic rings. The van der Waals surface area contributed by atoms with E-state index in [1.165, 1.54) is 4.90 Å². The largest absolute Gasteiger partial charge is 0.490 e. The topological polar surface area (TPSA) is 112 Å². The highest BCUT2D eigenvalue weighted by Gasteiger charge is 2.38. The Bertz CT molecular complexity index is 1270. The first-order valence-electron chi connectivity index (χ1n) is 12.7. The number of benzene rings is 2. The summed E-state index contributed by atoms with van der Waals surface area (Å²) in [5.74, 6) is -0.798. The minimum absolute atomic E-state index is 0.0239. The zero-order valence-electron chi connectivity index (χ0n) is 21.4. The molecule has 38 heavy (non-hydrogen) atoms. The van der Waals surface area contributed by atoms with Gasteiger partial charge in [0.15, 0.2) is 12.2 Å². The maximum atomic E-state index is 13.0. The van der Waals surface area contributed by atoms with Crippen LogP contribution >= 0.6 is 11.6 Å². The van der Waals surface area contributed by atoms with Gasteiger partial charge in [-0.15, -0.1) is 0 Å². The van der Waals surface area contributed by atoms with Gasteiger partial charge in [-0.25, -0.2) is 0 Å². The van der Waals surface area contributed by atoms with E-state index in [0.29, 0.717) is 23.7 Å². The van der Waals surface area contributed by atoms with Crippen molar-refractivity contribution in [3.63, 3.8) is 0 Å². The average molecular weight is 538 g/mol. The van der Waals surface area contributed by atoms with Crippen LogP contribution in [0.3, 0.4) is 0 Å². The van der Waals surface area contributed by atoms with Crippen molar-refractivity contribution in [3.8, 4) is 16.9 Å². The lowest BCUT2D eigenvalue weighted by Gasteiger charge is -2.28. The van der Waals surface area contributed by atoms with Crippen molar-refractivity contribution >= 4 is 23.4 Å². The first-order chi connectivity index (χ1) is 18.2. The molecule has 0 unspecified atom stereocenters. The van der Waals surface area contributed by atoms with Gasteiger partial charge in [0.05, 0.1) is 24.4 Å². The molecule has 4 rings (SSSR count). The molecule has 0 radical (unpaired) electrons. The molecular formula is C29H32ClN3O5. The molecular weight excluding hydrogens is 506 g/mol. The van der Waals surface area contributed by atoms with Crippen LogP contribution in [0.4, 0.5) is 0 Å². The number of aliphatic hydroxyl groups is 2. The van der Waals surface area contributed by atoms with Gasteiger partial charge >= 0.3 is 0 Å². The summed E-state index contributed by atoms with van der Waals surface area (Å²) in [5.41, 5.74) is 3.16. The molecule has 0 saturated carbocycles. The molecule has 0 aliphatic carbocycles. The average Bonchev–Trinajstić information content (AvgIpc) is 3.41. The lowest BCUT2D eigenvalue weighted by Crippen LogP contribution is -2.50. The third-order valence-electron chi connectivity index (χ3n) is 6.42. The summed E-state index contributed by atoms with van der Waals surface area (Å²) >= 11 is 6.10. The van der Waals surface area contributed by atoms with Crippen LogP contribution in [0.5, 0.6) is 5.75 Å². The van der Waals surface area contributed by atoms with Crippen LogP contribution < -0.4 is 10.1 Å². The Labute approximate surface area is 227 Å². The quantitative estimate of drug-likeness (QED) is 0.382. The summed E-state index contributed by atoms with van der Waals surface area (Å²) < 4.78 is 5.88. The zero-order valence-corrected chi connectivity index (χ0v) is 22.1. The van der Waals surface area contributed by atoms with Gasteiger partial charge in [-0.2, -0.15) is 0 Å². The number of hydrogen-bond donors (Lipinski definition) is 3. The fourth-order valence-electron chi connectivity index (χ4n) is 4.57. The number of nitrogens with zero attached hydrogens (tertiary/aromatic N) is 2. The van der Waals surface area contributed by atoms with Crippen LogP contribution in [0.25, 0.3) is 11.1 Å². The number of amides is 2. The molecule has 1 fully saturated rings. The summed E-state index contributed by atoms with van der Waals surface area (Å²) in [6.07, 6.45) is -0.641. The Morgan fingerprint density at radius 1 is 1.11 bits per heavy atom. The number of likely N-dealkylation sites (tertiary alicyclic amines) is 1. The van der Waals surface area contributed by atoms with Crippen molar-refractivity contribution in [1.29, 1.82) is 0 Å². The number of carbonyl (C=O) groups is 2. The van der Waals surface area contributed by atoms with Crippen molar-refractivity contribution in [2.24, 2.45) is 0 Å². The van der Waals surface area contributed by atoms with Crippen molar-refractivity contribution in [3.05, 3.63) is 83.1 Å². The second-order valence-corrected chi connectivity index (χ2v) is 9.99. The molecule has 3 N–H and O–H groups in total. The number of ether oxygens (including phenoxy) is 1. The molecule has 1 aliphatic heterocycles. The number of para-hydroxylation sites is 1. The van der Waals surface area contributed by atoms with E-state index in [-0.39, 0.29) is 18.7 Å². The van der Waals surface area contributed by atoms with Gasteiger partial charge in [-0.3, -0.25) is 14.6 Å². The lowest BCUT2D eigenvalue weighted by atomic mass is 10.0. The number of carbonyl (C=O) groups excluding carboxylic acids is 2. The van der Waals surface area contributed by atoms with E-state index in [4.69, 9.17) is 16.3 Å². The van der Waals surface area contributed by atoms with Crippen LogP contribution in [-0.2, 0) is 16.1 Å². The van der Waals surface area contributed by atoms with Crippen LogP contribution in [-0.4, -0.2) is 56.8 Å². The second-order valence-electron chi connectivity index (χ2n) is 9.55. The van der Waals surface area contributed by atoms with Crippen molar-refractivity contribution < 1.29 is 24.5 Å². The predicted molar refractivity (Wildman–Crippen MR) is 144 cm³/mol.